The molecule has 0 spiro atoms. The Morgan fingerprint density at radius 2 is 2.57 bits per heavy atom. The van der Waals surface area contributed by atoms with Crippen molar-refractivity contribution in [2.75, 3.05) is 18.6 Å². The van der Waals surface area contributed by atoms with Crippen molar-refractivity contribution in [3.63, 3.8) is 0 Å². The Bertz CT molecular complexity index is 291. The molecular weight excluding hydrogens is 194 g/mol. The molecule has 0 aromatic carbocycles. The van der Waals surface area contributed by atoms with E-state index < -0.39 is 0 Å². The van der Waals surface area contributed by atoms with Gasteiger partial charge in [0, 0.05) is 18.0 Å². The van der Waals surface area contributed by atoms with Crippen molar-refractivity contribution < 1.29 is 0 Å². The van der Waals surface area contributed by atoms with Crippen molar-refractivity contribution in [2.24, 2.45) is 0 Å². The third-order valence-corrected chi connectivity index (χ3v) is 3.97. The lowest BCUT2D eigenvalue weighted by molar-refractivity contribution is 0.455. The predicted octanol–water partition coefficient (Wildman–Crippen LogP) is 1.84. The van der Waals surface area contributed by atoms with Crippen LogP contribution in [0.25, 0.3) is 0 Å². The van der Waals surface area contributed by atoms with Gasteiger partial charge >= 0.3 is 0 Å². The van der Waals surface area contributed by atoms with Crippen LogP contribution in [0.2, 0.25) is 0 Å². The molecule has 0 aliphatic carbocycles. The summed E-state index contributed by atoms with van der Waals surface area (Å²) >= 11 is 2.03. The van der Waals surface area contributed by atoms with E-state index in [0.29, 0.717) is 12.1 Å². The molecule has 1 aromatic heterocycles. The van der Waals surface area contributed by atoms with Gasteiger partial charge in [0.2, 0.25) is 0 Å². The van der Waals surface area contributed by atoms with Crippen LogP contribution in [0.4, 0.5) is 0 Å². The van der Waals surface area contributed by atoms with Crippen molar-refractivity contribution >= 4 is 11.8 Å². The summed E-state index contributed by atoms with van der Waals surface area (Å²) in [7, 11) is 1.99. The van der Waals surface area contributed by atoms with Gasteiger partial charge in [0.15, 0.2) is 0 Å². The Kier molecular flexibility index (Phi) is 3.13. The Balaban J connectivity index is 2.19. The Labute approximate surface area is 89.3 Å². The van der Waals surface area contributed by atoms with Crippen LogP contribution in [0.15, 0.2) is 12.3 Å². The van der Waals surface area contributed by atoms with Crippen molar-refractivity contribution in [2.45, 2.75) is 25.4 Å². The molecule has 3 nitrogen and oxygen atoms in total. The second kappa shape index (κ2) is 4.36. The third kappa shape index (κ3) is 1.81. The van der Waals surface area contributed by atoms with Gasteiger partial charge < -0.3 is 5.32 Å². The molecule has 1 fully saturated rings. The van der Waals surface area contributed by atoms with Crippen LogP contribution in [0.1, 0.15) is 31.1 Å². The highest BCUT2D eigenvalue weighted by Gasteiger charge is 2.21. The second-order valence-electron chi connectivity index (χ2n) is 3.73. The highest BCUT2D eigenvalue weighted by molar-refractivity contribution is 7.99. The van der Waals surface area contributed by atoms with Gasteiger partial charge in [-0.3, -0.25) is 4.68 Å². The van der Waals surface area contributed by atoms with Crippen LogP contribution in [0.5, 0.6) is 0 Å². The van der Waals surface area contributed by atoms with Crippen LogP contribution in [-0.4, -0.2) is 28.3 Å². The molecule has 2 atom stereocenters. The molecule has 1 aliphatic heterocycles. The van der Waals surface area contributed by atoms with Crippen molar-refractivity contribution in [3.05, 3.63) is 18.0 Å². The number of rotatable bonds is 3. The number of aromatic nitrogens is 2. The van der Waals surface area contributed by atoms with E-state index in [1.54, 1.807) is 0 Å². The first-order valence-electron chi connectivity index (χ1n) is 5.11. The lowest BCUT2D eigenvalue weighted by Gasteiger charge is -2.17. The molecule has 78 valence electrons. The maximum absolute atomic E-state index is 4.43. The minimum atomic E-state index is 0.392. The lowest BCUT2D eigenvalue weighted by Crippen LogP contribution is -2.20. The van der Waals surface area contributed by atoms with Gasteiger partial charge in [-0.25, -0.2) is 0 Å². The first-order valence-corrected chi connectivity index (χ1v) is 6.27. The van der Waals surface area contributed by atoms with Gasteiger partial charge in [-0.2, -0.15) is 16.9 Å². The molecule has 1 saturated heterocycles. The molecule has 2 unspecified atom stereocenters. The van der Waals surface area contributed by atoms with Crippen molar-refractivity contribution in [1.29, 1.82) is 0 Å². The van der Waals surface area contributed by atoms with Crippen LogP contribution >= 0.6 is 11.8 Å². The summed E-state index contributed by atoms with van der Waals surface area (Å²) in [5, 5.41) is 7.69. The number of nitrogens with zero attached hydrogens (tertiary/aromatic N) is 2. The van der Waals surface area contributed by atoms with Crippen molar-refractivity contribution in [1.82, 2.24) is 15.1 Å². The van der Waals surface area contributed by atoms with Gasteiger partial charge in [0.1, 0.15) is 0 Å². The summed E-state index contributed by atoms with van der Waals surface area (Å²) < 4.78 is 2.20. The minimum absolute atomic E-state index is 0.392. The molecule has 1 aliphatic rings. The smallest absolute Gasteiger partial charge is 0.0621 e. The van der Waals surface area contributed by atoms with E-state index in [4.69, 9.17) is 0 Å². The van der Waals surface area contributed by atoms with E-state index in [9.17, 15) is 0 Å². The van der Waals surface area contributed by atoms with E-state index in [1.807, 2.05) is 25.0 Å². The molecule has 2 heterocycles. The zero-order chi connectivity index (χ0) is 9.97. The van der Waals surface area contributed by atoms with Crippen LogP contribution < -0.4 is 5.32 Å². The average molecular weight is 211 g/mol. The fourth-order valence-electron chi connectivity index (χ4n) is 1.84. The quantitative estimate of drug-likeness (QED) is 0.827. The predicted molar refractivity (Wildman–Crippen MR) is 60.7 cm³/mol. The maximum atomic E-state index is 4.43. The maximum Gasteiger partial charge on any atom is 0.0621 e. The fourth-order valence-corrected chi connectivity index (χ4v) is 3.02. The van der Waals surface area contributed by atoms with E-state index in [1.165, 1.54) is 23.6 Å². The number of nitrogens with one attached hydrogen (secondary N) is 1. The summed E-state index contributed by atoms with van der Waals surface area (Å²) in [5.74, 6) is 2.49. The SMILES string of the molecule is CNC(C)c1ccnn1C1CCSC1. The Hall–Kier alpha value is -0.480. The molecule has 4 heteroatoms. The summed E-state index contributed by atoms with van der Waals surface area (Å²) in [6, 6.07) is 3.12. The van der Waals surface area contributed by atoms with Gasteiger partial charge in [0.25, 0.3) is 0 Å². The molecule has 2 rings (SSSR count). The summed E-state index contributed by atoms with van der Waals surface area (Å²) in [4.78, 5) is 0. The average Bonchev–Trinajstić information content (AvgIpc) is 2.85. The largest absolute Gasteiger partial charge is 0.312 e. The number of hydrogen-bond donors (Lipinski definition) is 1. The normalized spacial score (nSPS) is 24.0. The van der Waals surface area contributed by atoms with Crippen LogP contribution in [0, 0.1) is 0 Å². The van der Waals surface area contributed by atoms with E-state index in [0.717, 1.165) is 0 Å². The third-order valence-electron chi connectivity index (χ3n) is 2.83. The first-order chi connectivity index (χ1) is 6.83. The first kappa shape index (κ1) is 10.1. The monoisotopic (exact) mass is 211 g/mol. The van der Waals surface area contributed by atoms with E-state index >= 15 is 0 Å². The minimum Gasteiger partial charge on any atom is -0.312 e. The zero-order valence-corrected chi connectivity index (χ0v) is 9.55. The summed E-state index contributed by atoms with van der Waals surface area (Å²) in [6.07, 6.45) is 3.17. The van der Waals surface area contributed by atoms with Gasteiger partial charge in [-0.05, 0) is 32.2 Å². The molecule has 0 saturated carbocycles. The molecule has 0 bridgehead atoms. The zero-order valence-electron chi connectivity index (χ0n) is 8.73. The Morgan fingerprint density at radius 1 is 1.71 bits per heavy atom. The molecular formula is C10H17N3S. The number of thioether (sulfide) groups is 1. The fraction of sp³-hybridized carbons (Fsp3) is 0.700. The molecule has 0 amide bonds. The van der Waals surface area contributed by atoms with Crippen LogP contribution in [0.3, 0.4) is 0 Å². The molecule has 0 radical (unpaired) electrons. The van der Waals surface area contributed by atoms with Gasteiger partial charge in [-0.1, -0.05) is 0 Å². The second-order valence-corrected chi connectivity index (χ2v) is 4.88. The van der Waals surface area contributed by atoms with Crippen LogP contribution in [-0.2, 0) is 0 Å². The Morgan fingerprint density at radius 3 is 3.21 bits per heavy atom. The summed E-state index contributed by atoms with van der Waals surface area (Å²) in [5.41, 5.74) is 1.31. The van der Waals surface area contributed by atoms with E-state index in [-0.39, 0.29) is 0 Å². The number of hydrogen-bond acceptors (Lipinski definition) is 3. The summed E-state index contributed by atoms with van der Waals surface area (Å²) in [6.45, 7) is 2.18. The molecule has 14 heavy (non-hydrogen) atoms. The highest BCUT2D eigenvalue weighted by atomic mass is 32.2. The highest BCUT2D eigenvalue weighted by Crippen LogP contribution is 2.29. The van der Waals surface area contributed by atoms with E-state index in [2.05, 4.69) is 28.1 Å². The standard InChI is InChI=1S/C10H17N3S/c1-8(11-2)10-3-5-12-13(10)9-4-6-14-7-9/h3,5,8-9,11H,4,6-7H2,1-2H3. The van der Waals surface area contributed by atoms with Gasteiger partial charge in [-0.15, -0.1) is 0 Å². The topological polar surface area (TPSA) is 29.9 Å². The van der Waals surface area contributed by atoms with Gasteiger partial charge in [0.05, 0.1) is 11.7 Å². The lowest BCUT2D eigenvalue weighted by atomic mass is 10.2. The molecule has 1 N–H and O–H groups in total. The molecule has 1 aromatic rings. The van der Waals surface area contributed by atoms with Crippen molar-refractivity contribution in [3.8, 4) is 0 Å².